The smallest absolute Gasteiger partial charge is 0.266 e. The lowest BCUT2D eigenvalue weighted by Crippen LogP contribution is -2.13. The number of nitriles is 1. The molecular weight excluding hydrogens is 691 g/mol. The van der Waals surface area contributed by atoms with Crippen molar-refractivity contribution in [1.29, 1.82) is 5.26 Å². The number of anilines is 1. The molecule has 5 rings (SSSR count). The molecular formula is C34H24BrIN2O3. The first-order chi connectivity index (χ1) is 20.0. The van der Waals surface area contributed by atoms with Gasteiger partial charge < -0.3 is 14.8 Å². The van der Waals surface area contributed by atoms with Gasteiger partial charge in [-0.3, -0.25) is 4.79 Å². The van der Waals surface area contributed by atoms with Crippen LogP contribution in [-0.4, -0.2) is 5.91 Å². The first-order valence-corrected chi connectivity index (χ1v) is 14.7. The maximum Gasteiger partial charge on any atom is 0.266 e. The van der Waals surface area contributed by atoms with Crippen molar-refractivity contribution in [2.24, 2.45) is 0 Å². The summed E-state index contributed by atoms with van der Waals surface area (Å²) in [5.41, 5.74) is 3.42. The van der Waals surface area contributed by atoms with Gasteiger partial charge in [0.1, 0.15) is 36.4 Å². The van der Waals surface area contributed by atoms with Gasteiger partial charge in [-0.05, 0) is 108 Å². The fraction of sp³-hybridized carbons (Fsp3) is 0.0588. The summed E-state index contributed by atoms with van der Waals surface area (Å²) < 4.78 is 13.6. The minimum absolute atomic E-state index is 0.0125. The predicted octanol–water partition coefficient (Wildman–Crippen LogP) is 8.91. The van der Waals surface area contributed by atoms with Crippen molar-refractivity contribution in [3.63, 3.8) is 0 Å². The second-order valence-corrected chi connectivity index (χ2v) is 11.2. The Kier molecular flexibility index (Phi) is 9.34. The Morgan fingerprint density at radius 3 is 2.37 bits per heavy atom. The van der Waals surface area contributed by atoms with Crippen LogP contribution in [0.5, 0.6) is 11.5 Å². The number of benzene rings is 5. The molecule has 0 saturated heterocycles. The van der Waals surface area contributed by atoms with Crippen LogP contribution in [0.2, 0.25) is 0 Å². The van der Waals surface area contributed by atoms with Gasteiger partial charge in [-0.2, -0.15) is 5.26 Å². The summed E-state index contributed by atoms with van der Waals surface area (Å²) in [5.74, 6) is 0.895. The third-order valence-corrected chi connectivity index (χ3v) is 7.70. The number of ether oxygens (including phenoxy) is 2. The fourth-order valence-corrected chi connectivity index (χ4v) is 6.03. The van der Waals surface area contributed by atoms with Gasteiger partial charge in [-0.1, -0.05) is 72.8 Å². The van der Waals surface area contributed by atoms with Gasteiger partial charge in [0, 0.05) is 5.69 Å². The second-order valence-electron chi connectivity index (χ2n) is 9.16. The average Bonchev–Trinajstić information content (AvgIpc) is 2.99. The summed E-state index contributed by atoms with van der Waals surface area (Å²) in [7, 11) is 0. The SMILES string of the molecule is N#C/C(=C\c1cc(Br)c(OCc2cccc3ccccc23)c(I)c1)C(=O)Nc1ccc(OCc2ccccc2)cc1. The molecule has 202 valence electrons. The number of nitrogens with one attached hydrogen (secondary N) is 1. The highest BCUT2D eigenvalue weighted by atomic mass is 127. The zero-order valence-electron chi connectivity index (χ0n) is 21.8. The maximum atomic E-state index is 12.9. The zero-order valence-corrected chi connectivity index (χ0v) is 25.6. The van der Waals surface area contributed by atoms with Crippen LogP contribution in [0.25, 0.3) is 16.8 Å². The third kappa shape index (κ3) is 7.34. The number of rotatable bonds is 9. The number of hydrogen-bond donors (Lipinski definition) is 1. The molecule has 0 aliphatic carbocycles. The van der Waals surface area contributed by atoms with Crippen LogP contribution < -0.4 is 14.8 Å². The first-order valence-electron chi connectivity index (χ1n) is 12.8. The Labute approximate surface area is 260 Å². The fourth-order valence-electron chi connectivity index (χ4n) is 4.26. The number of carbonyl (C=O) groups is 1. The molecule has 5 nitrogen and oxygen atoms in total. The van der Waals surface area contributed by atoms with Crippen LogP contribution >= 0.6 is 38.5 Å². The first kappa shape index (κ1) is 28.4. The molecule has 5 aromatic carbocycles. The molecule has 0 heterocycles. The molecule has 0 bridgehead atoms. The molecule has 1 amide bonds. The average molecular weight is 715 g/mol. The van der Waals surface area contributed by atoms with Gasteiger partial charge in [0.25, 0.3) is 5.91 Å². The lowest BCUT2D eigenvalue weighted by atomic mass is 10.1. The summed E-state index contributed by atoms with van der Waals surface area (Å²) in [6.07, 6.45) is 1.56. The quantitative estimate of drug-likeness (QED) is 0.0941. The monoisotopic (exact) mass is 714 g/mol. The van der Waals surface area contributed by atoms with Gasteiger partial charge in [-0.15, -0.1) is 0 Å². The summed E-state index contributed by atoms with van der Waals surface area (Å²) in [5, 5.41) is 14.8. The molecule has 0 aliphatic rings. The van der Waals surface area contributed by atoms with Gasteiger partial charge in [0.2, 0.25) is 0 Å². The zero-order chi connectivity index (χ0) is 28.6. The van der Waals surface area contributed by atoms with E-state index >= 15 is 0 Å². The standard InChI is InChI=1S/C34H24BrIN2O3/c35-31-18-24(19-32(36)33(31)41-22-26-11-6-10-25-9-4-5-12-30(25)26)17-27(20-37)34(39)38-28-13-15-29(16-14-28)40-21-23-7-2-1-3-8-23/h1-19H,21-22H2,(H,38,39)/b27-17+. The Morgan fingerprint density at radius 2 is 1.61 bits per heavy atom. The minimum Gasteiger partial charge on any atom is -0.489 e. The lowest BCUT2D eigenvalue weighted by Gasteiger charge is -2.13. The molecule has 0 unspecified atom stereocenters. The van der Waals surface area contributed by atoms with E-state index in [2.05, 4.69) is 68.1 Å². The molecule has 1 N–H and O–H groups in total. The predicted molar refractivity (Wildman–Crippen MR) is 175 cm³/mol. The van der Waals surface area contributed by atoms with E-state index < -0.39 is 5.91 Å². The Balaban J connectivity index is 1.24. The Morgan fingerprint density at radius 1 is 0.878 bits per heavy atom. The molecule has 0 radical (unpaired) electrons. The number of amides is 1. The summed E-state index contributed by atoms with van der Waals surface area (Å²) >= 11 is 5.80. The van der Waals surface area contributed by atoms with Crippen molar-refractivity contribution in [2.75, 3.05) is 5.32 Å². The van der Waals surface area contributed by atoms with E-state index in [1.165, 1.54) is 0 Å². The van der Waals surface area contributed by atoms with Crippen LogP contribution in [0.3, 0.4) is 0 Å². The number of fused-ring (bicyclic) bond motifs is 1. The third-order valence-electron chi connectivity index (χ3n) is 6.31. The van der Waals surface area contributed by atoms with Crippen molar-refractivity contribution in [1.82, 2.24) is 0 Å². The van der Waals surface area contributed by atoms with E-state index in [4.69, 9.17) is 9.47 Å². The van der Waals surface area contributed by atoms with Gasteiger partial charge in [0.05, 0.1) is 8.04 Å². The van der Waals surface area contributed by atoms with Gasteiger partial charge >= 0.3 is 0 Å². The number of hydrogen-bond acceptors (Lipinski definition) is 4. The van der Waals surface area contributed by atoms with Crippen molar-refractivity contribution < 1.29 is 14.3 Å². The molecule has 0 fully saturated rings. The summed E-state index contributed by atoms with van der Waals surface area (Å²) in [6.45, 7) is 0.863. The molecule has 7 heteroatoms. The topological polar surface area (TPSA) is 71.3 Å². The van der Waals surface area contributed by atoms with E-state index in [9.17, 15) is 10.1 Å². The molecule has 0 aliphatic heterocycles. The Bertz CT molecular complexity index is 1740. The van der Waals surface area contributed by atoms with E-state index in [-0.39, 0.29) is 5.57 Å². The van der Waals surface area contributed by atoms with Crippen molar-refractivity contribution in [3.8, 4) is 17.6 Å². The number of carbonyl (C=O) groups excluding carboxylic acids is 1. The van der Waals surface area contributed by atoms with E-state index in [1.807, 2.05) is 66.7 Å². The summed E-state index contributed by atoms with van der Waals surface area (Å²) in [6, 6.07) is 37.1. The van der Waals surface area contributed by atoms with Crippen LogP contribution in [0.4, 0.5) is 5.69 Å². The van der Waals surface area contributed by atoms with Crippen molar-refractivity contribution >= 4 is 67.0 Å². The molecule has 0 saturated carbocycles. The molecule has 41 heavy (non-hydrogen) atoms. The minimum atomic E-state index is -0.493. The maximum absolute atomic E-state index is 12.9. The van der Waals surface area contributed by atoms with E-state index in [1.54, 1.807) is 30.3 Å². The second kappa shape index (κ2) is 13.5. The van der Waals surface area contributed by atoms with E-state index in [0.717, 1.165) is 29.9 Å². The highest BCUT2D eigenvalue weighted by Crippen LogP contribution is 2.34. The van der Waals surface area contributed by atoms with Crippen LogP contribution in [0, 0.1) is 14.9 Å². The van der Waals surface area contributed by atoms with Crippen LogP contribution in [0.15, 0.2) is 119 Å². The van der Waals surface area contributed by atoms with Crippen LogP contribution in [-0.2, 0) is 18.0 Å². The molecule has 0 spiro atoms. The molecule has 0 atom stereocenters. The highest BCUT2D eigenvalue weighted by molar-refractivity contribution is 14.1. The molecule has 5 aromatic rings. The Hall–Kier alpha value is -4.13. The summed E-state index contributed by atoms with van der Waals surface area (Å²) in [4.78, 5) is 12.9. The number of halogens is 2. The van der Waals surface area contributed by atoms with Gasteiger partial charge in [0.15, 0.2) is 0 Å². The largest absolute Gasteiger partial charge is 0.489 e. The highest BCUT2D eigenvalue weighted by Gasteiger charge is 2.13. The molecule has 0 aromatic heterocycles. The van der Waals surface area contributed by atoms with Crippen molar-refractivity contribution in [2.45, 2.75) is 13.2 Å². The van der Waals surface area contributed by atoms with Gasteiger partial charge in [-0.25, -0.2) is 0 Å². The van der Waals surface area contributed by atoms with Crippen LogP contribution in [0.1, 0.15) is 16.7 Å². The normalized spacial score (nSPS) is 11.1. The van der Waals surface area contributed by atoms with Crippen molar-refractivity contribution in [3.05, 3.63) is 140 Å². The number of nitrogens with zero attached hydrogens (tertiary/aromatic N) is 1. The lowest BCUT2D eigenvalue weighted by molar-refractivity contribution is -0.112. The van der Waals surface area contributed by atoms with E-state index in [0.29, 0.717) is 36.0 Å².